The average molecular weight is 354 g/mol. The summed E-state index contributed by atoms with van der Waals surface area (Å²) in [6.45, 7) is 3.94. The van der Waals surface area contributed by atoms with Crippen LogP contribution in [0.1, 0.15) is 0 Å². The molecule has 0 bridgehead atoms. The van der Waals surface area contributed by atoms with Gasteiger partial charge in [0, 0.05) is 6.54 Å². The van der Waals surface area contributed by atoms with Gasteiger partial charge in [-0.2, -0.15) is 0 Å². The number of hydrogen-bond donors (Lipinski definition) is 2. The topological polar surface area (TPSA) is 26.0 Å². The van der Waals surface area contributed by atoms with Crippen LogP contribution in [0.25, 0.3) is 0 Å². The third-order valence-electron chi connectivity index (χ3n) is 2.38. The van der Waals surface area contributed by atoms with Gasteiger partial charge in [-0.15, -0.1) is 6.58 Å². The van der Waals surface area contributed by atoms with Crippen molar-refractivity contribution in [2.24, 2.45) is 5.73 Å². The predicted molar refractivity (Wildman–Crippen MR) is 93.1 cm³/mol. The van der Waals surface area contributed by atoms with E-state index >= 15 is 0 Å². The molecule has 2 aromatic carbocycles. The van der Waals surface area contributed by atoms with Gasteiger partial charge in [-0.25, -0.2) is 0 Å². The standard InChI is InChI=1S/C12H11PSSe.C3H7N/c14-13(15,11-7-3-1-4-8-11)12-9-5-2-6-10-12;1-2-3-4/h1-10H,(H,14,15);2H,1,3-4H2. The molecule has 2 N–H and O–H groups in total. The Bertz CT molecular complexity index is 499. The van der Waals surface area contributed by atoms with Crippen molar-refractivity contribution < 1.29 is 0 Å². The predicted octanol–water partition coefficient (Wildman–Crippen LogP) is 2.71. The summed E-state index contributed by atoms with van der Waals surface area (Å²) in [7, 11) is 0. The van der Waals surface area contributed by atoms with Crippen molar-refractivity contribution in [2.75, 3.05) is 6.54 Å². The van der Waals surface area contributed by atoms with Gasteiger partial charge in [0.2, 0.25) is 0 Å². The molecule has 0 aliphatic heterocycles. The number of nitrogens with two attached hydrogens (primary N) is 1. The van der Waals surface area contributed by atoms with Crippen molar-refractivity contribution in [1.29, 1.82) is 0 Å². The Morgan fingerprint density at radius 3 is 1.58 bits per heavy atom. The molecule has 0 heterocycles. The van der Waals surface area contributed by atoms with Gasteiger partial charge in [0.15, 0.2) is 0 Å². The van der Waals surface area contributed by atoms with Gasteiger partial charge in [-0.05, 0) is 0 Å². The maximum atomic E-state index is 4.91. The first-order chi connectivity index (χ1) is 9.12. The molecule has 0 radical (unpaired) electrons. The van der Waals surface area contributed by atoms with Crippen LogP contribution in [0.5, 0.6) is 0 Å². The molecular formula is C15H18NPSSe. The van der Waals surface area contributed by atoms with E-state index in [0.717, 1.165) is 0 Å². The summed E-state index contributed by atoms with van der Waals surface area (Å²) in [5.74, 6) is 0. The molecule has 0 atom stereocenters. The molecule has 2 rings (SSSR count). The average Bonchev–Trinajstić information content (AvgIpc) is 2.49. The first-order valence-electron chi connectivity index (χ1n) is 5.88. The molecule has 100 valence electrons. The van der Waals surface area contributed by atoms with Gasteiger partial charge in [-0.1, -0.05) is 6.08 Å². The first kappa shape index (κ1) is 16.5. The normalized spacial score (nSPS) is 10.2. The summed E-state index contributed by atoms with van der Waals surface area (Å²) in [5, 5.41) is 2.55. The Balaban J connectivity index is 0.000000399. The van der Waals surface area contributed by atoms with Crippen molar-refractivity contribution in [3.05, 3.63) is 73.3 Å². The Labute approximate surface area is 128 Å². The van der Waals surface area contributed by atoms with Crippen molar-refractivity contribution >= 4 is 42.7 Å². The van der Waals surface area contributed by atoms with E-state index in [4.69, 9.17) is 18.0 Å². The monoisotopic (exact) mass is 355 g/mol. The molecule has 19 heavy (non-hydrogen) atoms. The second kappa shape index (κ2) is 8.58. The van der Waals surface area contributed by atoms with Crippen LogP contribution in [0.2, 0.25) is 0 Å². The zero-order valence-electron chi connectivity index (χ0n) is 10.6. The SMILES string of the molecule is C=CCN.SP(=[Se])(c1ccccc1)c1ccccc1. The fourth-order valence-corrected chi connectivity index (χ4v) is 5.19. The van der Waals surface area contributed by atoms with Crippen LogP contribution in [0, 0.1) is 0 Å². The minimum absolute atomic E-state index is 0.583. The maximum absolute atomic E-state index is 4.91. The van der Waals surface area contributed by atoms with E-state index in [1.54, 1.807) is 6.08 Å². The second-order valence-electron chi connectivity index (χ2n) is 3.77. The second-order valence-corrected chi connectivity index (χ2v) is 13.0. The van der Waals surface area contributed by atoms with Crippen molar-refractivity contribution in [1.82, 2.24) is 0 Å². The van der Waals surface area contributed by atoms with Crippen LogP contribution < -0.4 is 16.3 Å². The van der Waals surface area contributed by atoms with E-state index in [1.165, 1.54) is 10.6 Å². The number of thiol groups is 1. The van der Waals surface area contributed by atoms with Gasteiger partial charge >= 0.3 is 103 Å². The van der Waals surface area contributed by atoms with Gasteiger partial charge in [-0.3, -0.25) is 0 Å². The zero-order valence-corrected chi connectivity index (χ0v) is 14.1. The first-order valence-corrected chi connectivity index (χ1v) is 11.0. The molecule has 0 spiro atoms. The molecular weight excluding hydrogens is 336 g/mol. The molecule has 0 amide bonds. The summed E-state index contributed by atoms with van der Waals surface area (Å²) in [4.78, 5) is 0. The Hall–Kier alpha value is -0.561. The quantitative estimate of drug-likeness (QED) is 0.377. The van der Waals surface area contributed by atoms with E-state index in [-0.39, 0.29) is 0 Å². The van der Waals surface area contributed by atoms with Crippen LogP contribution in [0.15, 0.2) is 73.3 Å². The summed E-state index contributed by atoms with van der Waals surface area (Å²) >= 11 is 8.08. The van der Waals surface area contributed by atoms with Crippen molar-refractivity contribution in [2.45, 2.75) is 0 Å². The summed E-state index contributed by atoms with van der Waals surface area (Å²) < 4.78 is -1.58. The fraction of sp³-hybridized carbons (Fsp3) is 0.0667. The Morgan fingerprint density at radius 2 is 1.32 bits per heavy atom. The summed E-state index contributed by atoms with van der Waals surface area (Å²) in [6, 6.07) is 20.8. The minimum atomic E-state index is -1.58. The van der Waals surface area contributed by atoms with Gasteiger partial charge < -0.3 is 5.73 Å². The van der Waals surface area contributed by atoms with E-state index in [0.29, 0.717) is 6.54 Å². The van der Waals surface area contributed by atoms with E-state index in [2.05, 4.69) is 70.2 Å². The van der Waals surface area contributed by atoms with Crippen LogP contribution in [0.3, 0.4) is 0 Å². The fourth-order valence-electron chi connectivity index (χ4n) is 1.41. The zero-order chi connectivity index (χ0) is 14.1. The van der Waals surface area contributed by atoms with Crippen molar-refractivity contribution in [3.63, 3.8) is 0 Å². The Kier molecular flexibility index (Phi) is 7.45. The molecule has 2 aromatic rings. The number of hydrogen-bond acceptors (Lipinski definition) is 2. The van der Waals surface area contributed by atoms with E-state index in [1.807, 2.05) is 12.1 Å². The van der Waals surface area contributed by atoms with Crippen LogP contribution in [-0.2, 0) is 0 Å². The Morgan fingerprint density at radius 1 is 1.00 bits per heavy atom. The third kappa shape index (κ3) is 5.14. The molecule has 0 saturated carbocycles. The third-order valence-corrected chi connectivity index (χ3v) is 8.41. The molecule has 0 saturated heterocycles. The molecule has 0 fully saturated rings. The van der Waals surface area contributed by atoms with Gasteiger partial charge in [0.25, 0.3) is 0 Å². The summed E-state index contributed by atoms with van der Waals surface area (Å²) in [5.41, 5.74) is 4.91. The van der Waals surface area contributed by atoms with Gasteiger partial charge in [0.05, 0.1) is 0 Å². The molecule has 0 unspecified atom stereocenters. The molecule has 0 aromatic heterocycles. The number of benzene rings is 2. The van der Waals surface area contributed by atoms with E-state index < -0.39 is 4.71 Å². The molecule has 4 heteroatoms. The number of rotatable bonds is 3. The van der Waals surface area contributed by atoms with E-state index in [9.17, 15) is 0 Å². The molecule has 0 aliphatic rings. The van der Waals surface area contributed by atoms with Crippen molar-refractivity contribution in [3.8, 4) is 0 Å². The van der Waals surface area contributed by atoms with Crippen LogP contribution in [-0.4, -0.2) is 21.6 Å². The van der Waals surface area contributed by atoms with Gasteiger partial charge in [0.1, 0.15) is 0 Å². The molecule has 0 aliphatic carbocycles. The summed E-state index contributed by atoms with van der Waals surface area (Å²) in [6.07, 6.45) is 1.65. The van der Waals surface area contributed by atoms with Crippen LogP contribution in [0.4, 0.5) is 0 Å². The van der Waals surface area contributed by atoms with Crippen LogP contribution >= 0.6 is 17.0 Å². The molecule has 1 nitrogen and oxygen atoms in total.